The Labute approximate surface area is 167 Å². The molecule has 1 unspecified atom stereocenters. The molecular weight excluding hydrogens is 360 g/mol. The number of hydrogen-bond acceptors (Lipinski definition) is 2. The molecule has 1 saturated carbocycles. The summed E-state index contributed by atoms with van der Waals surface area (Å²) in [6, 6.07) is 8.43. The van der Waals surface area contributed by atoms with Crippen molar-refractivity contribution in [1.82, 2.24) is 15.5 Å². The molecule has 0 radical (unpaired) electrons. The number of guanidine groups is 1. The van der Waals surface area contributed by atoms with Gasteiger partial charge in [-0.3, -0.25) is 9.79 Å². The molecular formula is C21H31ClN4O. The van der Waals surface area contributed by atoms with E-state index in [9.17, 15) is 4.79 Å². The zero-order valence-corrected chi connectivity index (χ0v) is 17.4. The summed E-state index contributed by atoms with van der Waals surface area (Å²) in [7, 11) is 0. The van der Waals surface area contributed by atoms with Crippen molar-refractivity contribution in [3.8, 4) is 0 Å². The minimum atomic E-state index is 0.0553. The monoisotopic (exact) mass is 390 g/mol. The van der Waals surface area contributed by atoms with E-state index in [0.717, 1.165) is 56.4 Å². The Kier molecular flexibility index (Phi) is 6.30. The first-order chi connectivity index (χ1) is 12.9. The zero-order chi connectivity index (χ0) is 19.4. The first-order valence-corrected chi connectivity index (χ1v) is 10.4. The van der Waals surface area contributed by atoms with Gasteiger partial charge in [-0.25, -0.2) is 0 Å². The van der Waals surface area contributed by atoms with E-state index in [2.05, 4.69) is 29.7 Å². The van der Waals surface area contributed by atoms with Crippen LogP contribution in [0.4, 0.5) is 0 Å². The first-order valence-electron chi connectivity index (χ1n) is 10.0. The van der Waals surface area contributed by atoms with Crippen LogP contribution >= 0.6 is 11.6 Å². The number of halogens is 1. The fourth-order valence-electron chi connectivity index (χ4n) is 3.68. The Morgan fingerprint density at radius 2 is 2.04 bits per heavy atom. The summed E-state index contributed by atoms with van der Waals surface area (Å²) in [5.74, 6) is 1.14. The van der Waals surface area contributed by atoms with E-state index in [1.165, 1.54) is 5.56 Å². The smallest absolute Gasteiger partial charge is 0.225 e. The molecule has 1 saturated heterocycles. The van der Waals surface area contributed by atoms with Gasteiger partial charge in [0.2, 0.25) is 5.91 Å². The van der Waals surface area contributed by atoms with Gasteiger partial charge in [-0.1, -0.05) is 37.6 Å². The van der Waals surface area contributed by atoms with Gasteiger partial charge >= 0.3 is 0 Å². The van der Waals surface area contributed by atoms with E-state index in [0.29, 0.717) is 0 Å². The normalized spacial score (nSPS) is 21.4. The number of hydrogen-bond donors (Lipinski definition) is 2. The molecule has 0 spiro atoms. The van der Waals surface area contributed by atoms with Gasteiger partial charge in [0, 0.05) is 42.0 Å². The summed E-state index contributed by atoms with van der Waals surface area (Å²) in [5, 5.41) is 7.65. The molecule has 1 amide bonds. The zero-order valence-electron chi connectivity index (χ0n) is 16.6. The lowest BCUT2D eigenvalue weighted by atomic mass is 9.96. The maximum Gasteiger partial charge on any atom is 0.225 e. The molecule has 1 aliphatic carbocycles. The van der Waals surface area contributed by atoms with Crippen LogP contribution in [0.5, 0.6) is 0 Å². The van der Waals surface area contributed by atoms with Crippen LogP contribution in [0.15, 0.2) is 29.3 Å². The molecule has 27 heavy (non-hydrogen) atoms. The molecule has 1 aromatic carbocycles. The van der Waals surface area contributed by atoms with Gasteiger partial charge in [0.15, 0.2) is 5.96 Å². The van der Waals surface area contributed by atoms with Crippen LogP contribution in [-0.4, -0.2) is 49.0 Å². The fourth-order valence-corrected chi connectivity index (χ4v) is 3.81. The van der Waals surface area contributed by atoms with Crippen molar-refractivity contribution in [1.29, 1.82) is 0 Å². The lowest BCUT2D eigenvalue weighted by molar-refractivity contribution is -0.133. The Hall–Kier alpha value is -1.75. The van der Waals surface area contributed by atoms with Gasteiger partial charge in [0.1, 0.15) is 0 Å². The molecule has 2 aliphatic rings. The number of nitrogens with zero attached hydrogens (tertiary/aromatic N) is 2. The lowest BCUT2D eigenvalue weighted by Crippen LogP contribution is -2.45. The van der Waals surface area contributed by atoms with Gasteiger partial charge in [-0.2, -0.15) is 0 Å². The Morgan fingerprint density at radius 1 is 1.33 bits per heavy atom. The van der Waals surface area contributed by atoms with Crippen LogP contribution in [0.25, 0.3) is 0 Å². The molecule has 1 atom stereocenters. The van der Waals surface area contributed by atoms with E-state index >= 15 is 0 Å². The highest BCUT2D eigenvalue weighted by molar-refractivity contribution is 6.30. The third kappa shape index (κ3) is 4.95. The minimum absolute atomic E-state index is 0.0553. The Bertz CT molecular complexity index is 682. The molecule has 2 fully saturated rings. The maximum atomic E-state index is 12.2. The second kappa shape index (κ2) is 8.51. The fraction of sp³-hybridized carbons (Fsp3) is 0.619. The number of aliphatic imine (C=N–C) groups is 1. The van der Waals surface area contributed by atoms with Crippen molar-refractivity contribution >= 4 is 23.5 Å². The van der Waals surface area contributed by atoms with Crippen LogP contribution in [0.2, 0.25) is 5.02 Å². The van der Waals surface area contributed by atoms with Crippen LogP contribution in [0.3, 0.4) is 0 Å². The Morgan fingerprint density at radius 3 is 2.63 bits per heavy atom. The summed E-state index contributed by atoms with van der Waals surface area (Å²) < 4.78 is 0. The van der Waals surface area contributed by atoms with Gasteiger partial charge < -0.3 is 15.5 Å². The van der Waals surface area contributed by atoms with E-state index in [4.69, 9.17) is 16.6 Å². The molecule has 5 nitrogen and oxygen atoms in total. The average molecular weight is 391 g/mol. The molecule has 0 bridgehead atoms. The molecule has 3 rings (SSSR count). The van der Waals surface area contributed by atoms with Crippen molar-refractivity contribution in [3.05, 3.63) is 34.9 Å². The summed E-state index contributed by atoms with van der Waals surface area (Å²) in [4.78, 5) is 19.0. The molecule has 1 aliphatic heterocycles. The largest absolute Gasteiger partial charge is 0.357 e. The molecule has 2 N–H and O–H groups in total. The summed E-state index contributed by atoms with van der Waals surface area (Å²) in [6.45, 7) is 9.16. The summed E-state index contributed by atoms with van der Waals surface area (Å²) in [6.07, 6.45) is 3.29. The van der Waals surface area contributed by atoms with E-state index in [1.807, 2.05) is 30.9 Å². The predicted molar refractivity (Wildman–Crippen MR) is 111 cm³/mol. The van der Waals surface area contributed by atoms with Gasteiger partial charge in [-0.05, 0) is 43.9 Å². The van der Waals surface area contributed by atoms with Crippen LogP contribution in [0.1, 0.15) is 45.6 Å². The number of amides is 1. The number of carbonyl (C=O) groups is 1. The number of benzene rings is 1. The van der Waals surface area contributed by atoms with Crippen LogP contribution < -0.4 is 10.6 Å². The van der Waals surface area contributed by atoms with E-state index < -0.39 is 0 Å². The van der Waals surface area contributed by atoms with E-state index in [-0.39, 0.29) is 23.3 Å². The maximum absolute atomic E-state index is 12.2. The number of carbonyl (C=O) groups excluding carboxylic acids is 1. The summed E-state index contributed by atoms with van der Waals surface area (Å²) in [5.41, 5.74) is 1.48. The molecule has 148 valence electrons. The third-order valence-corrected chi connectivity index (χ3v) is 5.78. The van der Waals surface area contributed by atoms with Crippen LogP contribution in [0, 0.1) is 5.92 Å². The predicted octanol–water partition coefficient (Wildman–Crippen LogP) is 3.18. The van der Waals surface area contributed by atoms with Crippen molar-refractivity contribution in [2.75, 3.05) is 26.2 Å². The Balaban J connectivity index is 1.60. The second-order valence-corrected chi connectivity index (χ2v) is 8.49. The van der Waals surface area contributed by atoms with Gasteiger partial charge in [-0.15, -0.1) is 0 Å². The molecule has 1 aromatic rings. The number of rotatable bonds is 6. The lowest BCUT2D eigenvalue weighted by Gasteiger charge is -2.21. The second-order valence-electron chi connectivity index (χ2n) is 8.05. The van der Waals surface area contributed by atoms with Gasteiger partial charge in [0.25, 0.3) is 0 Å². The van der Waals surface area contributed by atoms with Crippen molar-refractivity contribution in [2.45, 2.75) is 51.5 Å². The molecule has 0 aromatic heterocycles. The average Bonchev–Trinajstić information content (AvgIpc) is 3.30. The van der Waals surface area contributed by atoms with Crippen LogP contribution in [-0.2, 0) is 10.2 Å². The van der Waals surface area contributed by atoms with Crippen molar-refractivity contribution < 1.29 is 4.79 Å². The highest BCUT2D eigenvalue weighted by Crippen LogP contribution is 2.48. The molecule has 1 heterocycles. The first kappa shape index (κ1) is 20.0. The quantitative estimate of drug-likeness (QED) is 0.579. The minimum Gasteiger partial charge on any atom is -0.357 e. The summed E-state index contributed by atoms with van der Waals surface area (Å²) >= 11 is 6.02. The van der Waals surface area contributed by atoms with Crippen molar-refractivity contribution in [3.63, 3.8) is 0 Å². The SMILES string of the molecule is CCNC(=NCC1(c2ccc(Cl)cc2)CC1)NC1CCN(C(=O)C(C)C)C1. The van der Waals surface area contributed by atoms with Crippen molar-refractivity contribution in [2.24, 2.45) is 10.9 Å². The number of likely N-dealkylation sites (tertiary alicyclic amines) is 1. The van der Waals surface area contributed by atoms with Gasteiger partial charge in [0.05, 0.1) is 6.54 Å². The number of nitrogens with one attached hydrogen (secondary N) is 2. The van der Waals surface area contributed by atoms with E-state index in [1.54, 1.807) is 0 Å². The highest BCUT2D eigenvalue weighted by atomic mass is 35.5. The third-order valence-electron chi connectivity index (χ3n) is 5.53. The standard InChI is InChI=1S/C21H31ClN4O/c1-4-23-20(25-18-9-12-26(13-18)19(27)15(2)3)24-14-21(10-11-21)16-5-7-17(22)8-6-16/h5-8,15,18H,4,9-14H2,1-3H3,(H2,23,24,25). The topological polar surface area (TPSA) is 56.7 Å². The molecule has 6 heteroatoms. The highest BCUT2D eigenvalue weighted by Gasteiger charge is 2.44.